The van der Waals surface area contributed by atoms with Crippen molar-refractivity contribution in [3.63, 3.8) is 0 Å². The molecule has 0 unspecified atom stereocenters. The SMILES string of the molecule is COc1ccc(OC)c(S(=O)(=O)Nc2nc3scc(C)n3n2)c1. The number of rotatable bonds is 5. The molecule has 1 N–H and O–H groups in total. The molecule has 0 saturated carbocycles. The first-order valence-electron chi connectivity index (χ1n) is 6.50. The summed E-state index contributed by atoms with van der Waals surface area (Å²) in [4.78, 5) is 4.71. The van der Waals surface area contributed by atoms with Gasteiger partial charge >= 0.3 is 0 Å². The molecule has 0 saturated heterocycles. The molecule has 0 aliphatic heterocycles. The quantitative estimate of drug-likeness (QED) is 0.752. The molecule has 10 heteroatoms. The molecule has 0 spiro atoms. The molecule has 2 heterocycles. The fraction of sp³-hybridized carbons (Fsp3) is 0.231. The Labute approximate surface area is 136 Å². The number of fused-ring (bicyclic) bond motifs is 1. The summed E-state index contributed by atoms with van der Waals surface area (Å²) in [6.45, 7) is 1.86. The van der Waals surface area contributed by atoms with Gasteiger partial charge in [0.05, 0.1) is 19.9 Å². The summed E-state index contributed by atoms with van der Waals surface area (Å²) in [5.74, 6) is 0.612. The van der Waals surface area contributed by atoms with E-state index in [1.165, 1.54) is 37.7 Å². The van der Waals surface area contributed by atoms with Crippen LogP contribution < -0.4 is 14.2 Å². The van der Waals surface area contributed by atoms with Crippen LogP contribution in [0.2, 0.25) is 0 Å². The number of methoxy groups -OCH3 is 2. The fourth-order valence-corrected chi connectivity index (χ4v) is 3.93. The highest BCUT2D eigenvalue weighted by Crippen LogP contribution is 2.29. The zero-order valence-electron chi connectivity index (χ0n) is 12.6. The molecular weight excluding hydrogens is 340 g/mol. The van der Waals surface area contributed by atoms with Gasteiger partial charge in [0.15, 0.2) is 0 Å². The minimum Gasteiger partial charge on any atom is -0.497 e. The second kappa shape index (κ2) is 5.70. The lowest BCUT2D eigenvalue weighted by molar-refractivity contribution is 0.392. The summed E-state index contributed by atoms with van der Waals surface area (Å²) in [6.07, 6.45) is 0. The normalized spacial score (nSPS) is 11.6. The maximum Gasteiger partial charge on any atom is 0.268 e. The summed E-state index contributed by atoms with van der Waals surface area (Å²) in [5.41, 5.74) is 0.877. The van der Waals surface area contributed by atoms with Gasteiger partial charge in [-0.3, -0.25) is 0 Å². The number of sulfonamides is 1. The highest BCUT2D eigenvalue weighted by Gasteiger charge is 2.23. The number of aromatic nitrogens is 3. The predicted octanol–water partition coefficient (Wildman–Crippen LogP) is 1.92. The van der Waals surface area contributed by atoms with Crippen LogP contribution in [0.25, 0.3) is 4.96 Å². The third-order valence-corrected chi connectivity index (χ3v) is 5.42. The number of hydrogen-bond donors (Lipinski definition) is 1. The second-order valence-corrected chi connectivity index (χ2v) is 7.12. The topological polar surface area (TPSA) is 94.8 Å². The van der Waals surface area contributed by atoms with Crippen LogP contribution in [0.3, 0.4) is 0 Å². The molecule has 2 aromatic heterocycles. The van der Waals surface area contributed by atoms with Crippen molar-refractivity contribution in [2.45, 2.75) is 11.8 Å². The smallest absolute Gasteiger partial charge is 0.268 e. The van der Waals surface area contributed by atoms with Crippen LogP contribution in [0.1, 0.15) is 5.69 Å². The van der Waals surface area contributed by atoms with E-state index in [-0.39, 0.29) is 16.6 Å². The molecule has 3 aromatic rings. The van der Waals surface area contributed by atoms with E-state index in [4.69, 9.17) is 9.47 Å². The number of benzene rings is 1. The average molecular weight is 354 g/mol. The third kappa shape index (κ3) is 2.82. The van der Waals surface area contributed by atoms with Crippen LogP contribution in [-0.2, 0) is 10.0 Å². The van der Waals surface area contributed by atoms with Gasteiger partial charge in [-0.25, -0.2) is 17.7 Å². The summed E-state index contributed by atoms with van der Waals surface area (Å²) >= 11 is 1.38. The van der Waals surface area contributed by atoms with Gasteiger partial charge in [-0.05, 0) is 19.1 Å². The molecule has 3 rings (SSSR count). The molecule has 0 bridgehead atoms. The van der Waals surface area contributed by atoms with Crippen LogP contribution in [0, 0.1) is 6.92 Å². The predicted molar refractivity (Wildman–Crippen MR) is 86.0 cm³/mol. The van der Waals surface area contributed by atoms with Crippen molar-refractivity contribution in [2.24, 2.45) is 0 Å². The van der Waals surface area contributed by atoms with E-state index in [1.807, 2.05) is 12.3 Å². The van der Waals surface area contributed by atoms with Crippen LogP contribution in [0.5, 0.6) is 11.5 Å². The number of nitrogens with zero attached hydrogens (tertiary/aromatic N) is 3. The molecule has 1 aromatic carbocycles. The van der Waals surface area contributed by atoms with Crippen LogP contribution >= 0.6 is 11.3 Å². The van der Waals surface area contributed by atoms with Gasteiger partial charge in [0.1, 0.15) is 16.4 Å². The van der Waals surface area contributed by atoms with Crippen LogP contribution in [-0.4, -0.2) is 37.2 Å². The van der Waals surface area contributed by atoms with Crippen molar-refractivity contribution in [3.05, 3.63) is 29.3 Å². The average Bonchev–Trinajstić information content (AvgIpc) is 3.08. The standard InChI is InChI=1S/C13H14N4O4S2/c1-8-7-22-13-14-12(15-17(8)13)16-23(18,19)11-6-9(20-2)4-5-10(11)21-3/h4-7H,1-3H3,(H,15,16). The highest BCUT2D eigenvalue weighted by atomic mass is 32.2. The number of nitrogens with one attached hydrogen (secondary N) is 1. The van der Waals surface area contributed by atoms with E-state index in [0.717, 1.165) is 5.69 Å². The van der Waals surface area contributed by atoms with E-state index in [2.05, 4.69) is 14.8 Å². The minimum atomic E-state index is -3.92. The lowest BCUT2D eigenvalue weighted by Crippen LogP contribution is -2.15. The lowest BCUT2D eigenvalue weighted by Gasteiger charge is -2.11. The number of aryl methyl sites for hydroxylation is 1. The summed E-state index contributed by atoms with van der Waals surface area (Å²) in [6, 6.07) is 4.52. The largest absolute Gasteiger partial charge is 0.497 e. The van der Waals surface area contributed by atoms with Crippen molar-refractivity contribution >= 4 is 32.3 Å². The van der Waals surface area contributed by atoms with E-state index in [9.17, 15) is 8.42 Å². The van der Waals surface area contributed by atoms with Gasteiger partial charge in [-0.2, -0.15) is 4.98 Å². The zero-order chi connectivity index (χ0) is 16.6. The number of hydrogen-bond acceptors (Lipinski definition) is 7. The molecule has 8 nitrogen and oxygen atoms in total. The monoisotopic (exact) mass is 354 g/mol. The Balaban J connectivity index is 2.00. The first-order valence-corrected chi connectivity index (χ1v) is 8.86. The lowest BCUT2D eigenvalue weighted by atomic mass is 10.3. The van der Waals surface area contributed by atoms with Crippen LogP contribution in [0.4, 0.5) is 5.95 Å². The summed E-state index contributed by atoms with van der Waals surface area (Å²) < 4.78 is 39.3. The van der Waals surface area contributed by atoms with Gasteiger partial charge in [0, 0.05) is 11.4 Å². The molecule has 0 amide bonds. The number of anilines is 1. The summed E-state index contributed by atoms with van der Waals surface area (Å²) in [7, 11) is -1.06. The van der Waals surface area contributed by atoms with Gasteiger partial charge in [0.2, 0.25) is 4.96 Å². The van der Waals surface area contributed by atoms with E-state index >= 15 is 0 Å². The Hall–Kier alpha value is -2.33. The number of thiazole rings is 1. The Morgan fingerprint density at radius 2 is 2.04 bits per heavy atom. The molecule has 0 aliphatic carbocycles. The molecule has 122 valence electrons. The minimum absolute atomic E-state index is 0.00447. The van der Waals surface area contributed by atoms with E-state index < -0.39 is 10.0 Å². The Bertz CT molecular complexity index is 962. The first kappa shape index (κ1) is 15.6. The van der Waals surface area contributed by atoms with Gasteiger partial charge in [0.25, 0.3) is 16.0 Å². The second-order valence-electron chi connectivity index (χ2n) is 4.63. The van der Waals surface area contributed by atoms with Gasteiger partial charge in [-0.1, -0.05) is 0 Å². The molecule has 23 heavy (non-hydrogen) atoms. The van der Waals surface area contributed by atoms with Gasteiger partial charge in [-0.15, -0.1) is 16.4 Å². The van der Waals surface area contributed by atoms with Crippen molar-refractivity contribution < 1.29 is 17.9 Å². The number of ether oxygens (including phenoxy) is 2. The summed E-state index contributed by atoms with van der Waals surface area (Å²) in [5, 5.41) is 6.02. The molecule has 0 radical (unpaired) electrons. The maximum absolute atomic E-state index is 12.6. The molecule has 0 fully saturated rings. The fourth-order valence-electron chi connectivity index (χ4n) is 2.00. The Morgan fingerprint density at radius 1 is 1.26 bits per heavy atom. The van der Waals surface area contributed by atoms with Crippen LogP contribution in [0.15, 0.2) is 28.5 Å². The van der Waals surface area contributed by atoms with Crippen molar-refractivity contribution in [3.8, 4) is 11.5 Å². The molecule has 0 atom stereocenters. The van der Waals surface area contributed by atoms with Crippen molar-refractivity contribution in [1.82, 2.24) is 14.6 Å². The Kier molecular flexibility index (Phi) is 3.86. The van der Waals surface area contributed by atoms with Crippen molar-refractivity contribution in [2.75, 3.05) is 18.9 Å². The van der Waals surface area contributed by atoms with Gasteiger partial charge < -0.3 is 9.47 Å². The van der Waals surface area contributed by atoms with E-state index in [0.29, 0.717) is 10.7 Å². The maximum atomic E-state index is 12.6. The molecule has 0 aliphatic rings. The highest BCUT2D eigenvalue weighted by molar-refractivity contribution is 7.92. The Morgan fingerprint density at radius 3 is 2.70 bits per heavy atom. The zero-order valence-corrected chi connectivity index (χ0v) is 14.2. The first-order chi connectivity index (χ1) is 10.9. The molecular formula is C13H14N4O4S2. The van der Waals surface area contributed by atoms with Crippen molar-refractivity contribution in [1.29, 1.82) is 0 Å². The third-order valence-electron chi connectivity index (χ3n) is 3.13. The van der Waals surface area contributed by atoms with E-state index in [1.54, 1.807) is 10.6 Å².